The van der Waals surface area contributed by atoms with E-state index in [1.807, 2.05) is 30.3 Å². The van der Waals surface area contributed by atoms with Gasteiger partial charge in [0.05, 0.1) is 24.6 Å². The van der Waals surface area contributed by atoms with Crippen LogP contribution in [0.4, 0.5) is 0 Å². The number of esters is 1. The first-order valence-electron chi connectivity index (χ1n) is 8.87. The predicted molar refractivity (Wildman–Crippen MR) is 105 cm³/mol. The third-order valence-corrected chi connectivity index (χ3v) is 5.34. The van der Waals surface area contributed by atoms with Crippen LogP contribution in [0.1, 0.15) is 22.3 Å². The Morgan fingerprint density at radius 2 is 1.93 bits per heavy atom. The first kappa shape index (κ1) is 19.9. The van der Waals surface area contributed by atoms with E-state index in [-0.39, 0.29) is 18.7 Å². The van der Waals surface area contributed by atoms with Crippen LogP contribution >= 0.6 is 15.9 Å². The van der Waals surface area contributed by atoms with Crippen LogP contribution in [-0.4, -0.2) is 43.5 Å². The molecule has 2 aromatic carbocycles. The van der Waals surface area contributed by atoms with Gasteiger partial charge in [-0.3, -0.25) is 0 Å². The Labute approximate surface area is 167 Å². The van der Waals surface area contributed by atoms with E-state index < -0.39 is 5.79 Å². The lowest BCUT2D eigenvalue weighted by atomic mass is 10.1. The molecule has 2 aromatic rings. The Morgan fingerprint density at radius 3 is 2.59 bits per heavy atom. The van der Waals surface area contributed by atoms with E-state index in [1.165, 1.54) is 5.56 Å². The lowest BCUT2D eigenvalue weighted by Crippen LogP contribution is -2.34. The molecule has 2 unspecified atom stereocenters. The number of alkyl halides is 1. The highest BCUT2D eigenvalue weighted by molar-refractivity contribution is 9.09. The maximum Gasteiger partial charge on any atom is 0.338 e. The van der Waals surface area contributed by atoms with Crippen LogP contribution in [-0.2, 0) is 20.6 Å². The first-order chi connectivity index (χ1) is 13.1. The molecule has 1 heterocycles. The van der Waals surface area contributed by atoms with E-state index >= 15 is 0 Å². The van der Waals surface area contributed by atoms with Crippen LogP contribution in [0.25, 0.3) is 0 Å². The monoisotopic (exact) mass is 434 g/mol. The molecule has 27 heavy (non-hydrogen) atoms. The standard InChI is InChI=1S/C21H23BrO5/c1-24-18-9-7-16(8-10-18)11-12-21(15-22)26-14-19(27-21)13-25-20(23)17-5-3-2-4-6-17/h2-10,19H,11-15H2,1H3. The molecular formula is C21H23BrO5. The molecule has 0 bridgehead atoms. The minimum Gasteiger partial charge on any atom is -0.497 e. The summed E-state index contributed by atoms with van der Waals surface area (Å²) in [5, 5.41) is 0.555. The molecule has 2 atom stereocenters. The number of carbonyl (C=O) groups excluding carboxylic acids is 1. The Kier molecular flexibility index (Phi) is 6.88. The molecular weight excluding hydrogens is 412 g/mol. The normalized spacial score (nSPS) is 21.8. The number of hydrogen-bond donors (Lipinski definition) is 0. The third kappa shape index (κ3) is 5.31. The Bertz CT molecular complexity index is 734. The zero-order valence-electron chi connectivity index (χ0n) is 15.2. The van der Waals surface area contributed by atoms with Crippen molar-refractivity contribution >= 4 is 21.9 Å². The topological polar surface area (TPSA) is 54.0 Å². The summed E-state index contributed by atoms with van der Waals surface area (Å²) in [4.78, 5) is 12.1. The molecule has 144 valence electrons. The van der Waals surface area contributed by atoms with Gasteiger partial charge in [0.2, 0.25) is 0 Å². The van der Waals surface area contributed by atoms with Crippen molar-refractivity contribution in [2.75, 3.05) is 25.7 Å². The average molecular weight is 435 g/mol. The minimum atomic E-state index is -0.705. The largest absolute Gasteiger partial charge is 0.497 e. The fourth-order valence-corrected chi connectivity index (χ4v) is 3.49. The van der Waals surface area contributed by atoms with Crippen LogP contribution in [0, 0.1) is 0 Å². The summed E-state index contributed by atoms with van der Waals surface area (Å²) < 4.78 is 22.5. The van der Waals surface area contributed by atoms with E-state index in [9.17, 15) is 4.79 Å². The van der Waals surface area contributed by atoms with Crippen molar-refractivity contribution < 1.29 is 23.7 Å². The molecule has 0 amide bonds. The zero-order valence-corrected chi connectivity index (χ0v) is 16.8. The first-order valence-corrected chi connectivity index (χ1v) is 9.99. The Hall–Kier alpha value is -1.89. The number of rotatable bonds is 8. The molecule has 3 rings (SSSR count). The number of hydrogen-bond acceptors (Lipinski definition) is 5. The van der Waals surface area contributed by atoms with Gasteiger partial charge in [0.15, 0.2) is 5.79 Å². The van der Waals surface area contributed by atoms with Gasteiger partial charge in [0.1, 0.15) is 18.5 Å². The van der Waals surface area contributed by atoms with E-state index in [0.29, 0.717) is 23.9 Å². The lowest BCUT2D eigenvalue weighted by molar-refractivity contribution is -0.156. The zero-order chi connectivity index (χ0) is 19.1. The number of methoxy groups -OCH3 is 1. The summed E-state index contributed by atoms with van der Waals surface area (Å²) in [6, 6.07) is 16.9. The SMILES string of the molecule is COc1ccc(CCC2(CBr)OCC(COC(=O)c3ccccc3)O2)cc1. The molecule has 0 spiro atoms. The number of carbonyl (C=O) groups is 1. The van der Waals surface area contributed by atoms with Crippen molar-refractivity contribution in [3.05, 3.63) is 65.7 Å². The lowest BCUT2D eigenvalue weighted by Gasteiger charge is -2.26. The summed E-state index contributed by atoms with van der Waals surface area (Å²) >= 11 is 3.50. The second kappa shape index (κ2) is 9.35. The van der Waals surface area contributed by atoms with Gasteiger partial charge in [-0.1, -0.05) is 46.3 Å². The van der Waals surface area contributed by atoms with Crippen LogP contribution in [0.2, 0.25) is 0 Å². The van der Waals surface area contributed by atoms with Gasteiger partial charge in [-0.15, -0.1) is 0 Å². The molecule has 1 aliphatic rings. The van der Waals surface area contributed by atoms with Crippen molar-refractivity contribution in [1.29, 1.82) is 0 Å². The van der Waals surface area contributed by atoms with Gasteiger partial charge in [-0.05, 0) is 36.2 Å². The highest BCUT2D eigenvalue weighted by Crippen LogP contribution is 2.31. The third-order valence-electron chi connectivity index (χ3n) is 4.48. The van der Waals surface area contributed by atoms with Gasteiger partial charge in [0, 0.05) is 6.42 Å². The number of benzene rings is 2. The molecule has 0 saturated carbocycles. The van der Waals surface area contributed by atoms with E-state index in [2.05, 4.69) is 15.9 Å². The maximum atomic E-state index is 12.1. The molecule has 1 fully saturated rings. The van der Waals surface area contributed by atoms with Crippen molar-refractivity contribution in [3.8, 4) is 5.75 Å². The molecule has 0 N–H and O–H groups in total. The highest BCUT2D eigenvalue weighted by atomic mass is 79.9. The van der Waals surface area contributed by atoms with Crippen molar-refractivity contribution in [1.82, 2.24) is 0 Å². The predicted octanol–water partition coefficient (Wildman–Crippen LogP) is 3.99. The van der Waals surface area contributed by atoms with Gasteiger partial charge in [-0.2, -0.15) is 0 Å². The second-order valence-electron chi connectivity index (χ2n) is 6.41. The van der Waals surface area contributed by atoms with Crippen LogP contribution in [0.15, 0.2) is 54.6 Å². The van der Waals surface area contributed by atoms with E-state index in [4.69, 9.17) is 18.9 Å². The van der Waals surface area contributed by atoms with Gasteiger partial charge < -0.3 is 18.9 Å². The molecule has 0 aromatic heterocycles. The number of ether oxygens (including phenoxy) is 4. The maximum absolute atomic E-state index is 12.1. The number of aryl methyl sites for hydroxylation is 1. The second-order valence-corrected chi connectivity index (χ2v) is 6.97. The average Bonchev–Trinajstić information content (AvgIpc) is 3.15. The molecule has 0 aliphatic carbocycles. The molecule has 0 radical (unpaired) electrons. The summed E-state index contributed by atoms with van der Waals surface area (Å²) in [6.07, 6.45) is 1.24. The fourth-order valence-electron chi connectivity index (χ4n) is 2.92. The molecule has 1 aliphatic heterocycles. The van der Waals surface area contributed by atoms with Crippen molar-refractivity contribution in [3.63, 3.8) is 0 Å². The smallest absolute Gasteiger partial charge is 0.338 e. The molecule has 1 saturated heterocycles. The van der Waals surface area contributed by atoms with Gasteiger partial charge >= 0.3 is 5.97 Å². The van der Waals surface area contributed by atoms with Crippen LogP contribution < -0.4 is 4.74 Å². The molecule has 5 nitrogen and oxygen atoms in total. The van der Waals surface area contributed by atoms with E-state index in [1.54, 1.807) is 31.4 Å². The quantitative estimate of drug-likeness (QED) is 0.464. The van der Waals surface area contributed by atoms with Crippen molar-refractivity contribution in [2.24, 2.45) is 0 Å². The molecule has 6 heteroatoms. The summed E-state index contributed by atoms with van der Waals surface area (Å²) in [6.45, 7) is 0.571. The summed E-state index contributed by atoms with van der Waals surface area (Å²) in [5.41, 5.74) is 1.71. The van der Waals surface area contributed by atoms with Gasteiger partial charge in [0.25, 0.3) is 0 Å². The van der Waals surface area contributed by atoms with Gasteiger partial charge in [-0.25, -0.2) is 4.79 Å². The Morgan fingerprint density at radius 1 is 1.19 bits per heavy atom. The van der Waals surface area contributed by atoms with Crippen LogP contribution in [0.3, 0.4) is 0 Å². The van der Waals surface area contributed by atoms with Crippen LogP contribution in [0.5, 0.6) is 5.75 Å². The summed E-state index contributed by atoms with van der Waals surface area (Å²) in [5.74, 6) is -0.222. The minimum absolute atomic E-state index is 0.172. The van der Waals surface area contributed by atoms with Crippen molar-refractivity contribution in [2.45, 2.75) is 24.7 Å². The fraction of sp³-hybridized carbons (Fsp3) is 0.381. The highest BCUT2D eigenvalue weighted by Gasteiger charge is 2.40. The number of halogens is 1. The van der Waals surface area contributed by atoms with E-state index in [0.717, 1.165) is 12.2 Å². The summed E-state index contributed by atoms with van der Waals surface area (Å²) in [7, 11) is 1.65. The Balaban J connectivity index is 1.49.